The van der Waals surface area contributed by atoms with E-state index in [1.165, 1.54) is 12.8 Å². The van der Waals surface area contributed by atoms with Crippen molar-refractivity contribution in [2.45, 2.75) is 38.6 Å². The van der Waals surface area contributed by atoms with Gasteiger partial charge in [0.2, 0.25) is 0 Å². The van der Waals surface area contributed by atoms with Crippen molar-refractivity contribution in [3.8, 4) is 0 Å². The average Bonchev–Trinajstić information content (AvgIpc) is 2.42. The number of hydrogen-bond donors (Lipinski definition) is 1. The third-order valence-corrected chi connectivity index (χ3v) is 4.88. The van der Waals surface area contributed by atoms with E-state index in [4.69, 9.17) is 11.6 Å². The largest absolute Gasteiger partial charge is 0.349 e. The number of amides is 1. The fourth-order valence-electron chi connectivity index (χ4n) is 2.64. The van der Waals surface area contributed by atoms with Crippen LogP contribution in [0.15, 0.2) is 22.7 Å². The molecule has 1 saturated carbocycles. The zero-order valence-corrected chi connectivity index (χ0v) is 13.4. The van der Waals surface area contributed by atoms with Crippen LogP contribution in [0.25, 0.3) is 0 Å². The third-order valence-electron chi connectivity index (χ3n) is 3.79. The molecule has 0 saturated heterocycles. The zero-order chi connectivity index (χ0) is 13.8. The normalized spacial score (nSPS) is 23.1. The molecule has 0 radical (unpaired) electrons. The molecule has 1 aromatic carbocycles. The number of carbonyl (C=O) groups is 1. The van der Waals surface area contributed by atoms with Crippen LogP contribution in [0.3, 0.4) is 0 Å². The van der Waals surface area contributed by atoms with E-state index >= 15 is 0 Å². The van der Waals surface area contributed by atoms with Crippen LogP contribution in [0.5, 0.6) is 0 Å². The highest BCUT2D eigenvalue weighted by Crippen LogP contribution is 2.26. The lowest BCUT2D eigenvalue weighted by molar-refractivity contribution is 0.0910. The number of halogens is 2. The quantitative estimate of drug-likeness (QED) is 0.815. The van der Waals surface area contributed by atoms with Crippen molar-refractivity contribution in [3.05, 3.63) is 33.8 Å². The number of benzene rings is 1. The summed E-state index contributed by atoms with van der Waals surface area (Å²) in [5.74, 6) is 1.03. The average molecular weight is 345 g/mol. The van der Waals surface area contributed by atoms with Crippen molar-refractivity contribution in [2.24, 2.45) is 5.92 Å². The highest BCUT2D eigenvalue weighted by molar-refractivity contribution is 9.10. The molecule has 0 bridgehead atoms. The van der Waals surface area contributed by atoms with Crippen molar-refractivity contribution >= 4 is 33.4 Å². The Balaban J connectivity index is 2.09. The lowest BCUT2D eigenvalue weighted by Crippen LogP contribution is -2.42. The van der Waals surface area contributed by atoms with E-state index in [1.807, 2.05) is 25.1 Å². The molecular weight excluding hydrogens is 326 g/mol. The summed E-state index contributed by atoms with van der Waals surface area (Å²) in [6, 6.07) is 6.04. The van der Waals surface area contributed by atoms with Gasteiger partial charge < -0.3 is 5.32 Å². The van der Waals surface area contributed by atoms with Gasteiger partial charge in [-0.05, 0) is 53.7 Å². The van der Waals surface area contributed by atoms with Gasteiger partial charge in [0, 0.05) is 16.4 Å². The van der Waals surface area contributed by atoms with E-state index in [9.17, 15) is 4.79 Å². The van der Waals surface area contributed by atoms with E-state index in [-0.39, 0.29) is 11.9 Å². The molecule has 19 heavy (non-hydrogen) atoms. The van der Waals surface area contributed by atoms with Gasteiger partial charge in [-0.3, -0.25) is 4.79 Å². The standard InChI is InChI=1S/C15H19BrClNO/c1-10-6-7-13(16)12(8-10)15(19)18-14-5-3-2-4-11(14)9-17/h6-8,11,14H,2-5,9H2,1H3,(H,18,19). The molecule has 104 valence electrons. The summed E-state index contributed by atoms with van der Waals surface area (Å²) in [5, 5.41) is 3.15. The summed E-state index contributed by atoms with van der Waals surface area (Å²) < 4.78 is 0.842. The summed E-state index contributed by atoms with van der Waals surface area (Å²) >= 11 is 9.44. The molecule has 2 rings (SSSR count). The second-order valence-electron chi connectivity index (χ2n) is 5.26. The molecule has 1 amide bonds. The summed E-state index contributed by atoms with van der Waals surface area (Å²) in [6.45, 7) is 1.99. The van der Waals surface area contributed by atoms with E-state index in [1.54, 1.807) is 0 Å². The predicted molar refractivity (Wildman–Crippen MR) is 82.8 cm³/mol. The van der Waals surface area contributed by atoms with Gasteiger partial charge in [0.25, 0.3) is 5.91 Å². The number of carbonyl (C=O) groups excluding carboxylic acids is 1. The first kappa shape index (κ1) is 14.9. The van der Waals surface area contributed by atoms with Crippen LogP contribution in [-0.2, 0) is 0 Å². The van der Waals surface area contributed by atoms with Crippen LogP contribution >= 0.6 is 27.5 Å². The van der Waals surface area contributed by atoms with E-state index in [0.717, 1.165) is 22.9 Å². The molecule has 1 aliphatic rings. The maximum absolute atomic E-state index is 12.4. The van der Waals surface area contributed by atoms with Crippen LogP contribution in [0.2, 0.25) is 0 Å². The Morgan fingerprint density at radius 2 is 2.16 bits per heavy atom. The number of alkyl halides is 1. The van der Waals surface area contributed by atoms with Crippen molar-refractivity contribution in [3.63, 3.8) is 0 Å². The highest BCUT2D eigenvalue weighted by Gasteiger charge is 2.26. The van der Waals surface area contributed by atoms with Gasteiger partial charge in [-0.2, -0.15) is 0 Å². The topological polar surface area (TPSA) is 29.1 Å². The molecule has 2 unspecified atom stereocenters. The molecule has 0 aromatic heterocycles. The zero-order valence-electron chi connectivity index (χ0n) is 11.1. The maximum Gasteiger partial charge on any atom is 0.252 e. The Morgan fingerprint density at radius 3 is 2.89 bits per heavy atom. The van der Waals surface area contributed by atoms with Crippen molar-refractivity contribution in [1.29, 1.82) is 0 Å². The lowest BCUT2D eigenvalue weighted by atomic mass is 9.85. The van der Waals surface area contributed by atoms with Gasteiger partial charge in [0.1, 0.15) is 0 Å². The number of aryl methyl sites for hydroxylation is 1. The molecule has 0 aliphatic heterocycles. The van der Waals surface area contributed by atoms with Gasteiger partial charge in [0.05, 0.1) is 5.56 Å². The van der Waals surface area contributed by atoms with Gasteiger partial charge in [0.15, 0.2) is 0 Å². The summed E-state index contributed by atoms with van der Waals surface area (Å²) in [7, 11) is 0. The SMILES string of the molecule is Cc1ccc(Br)c(C(=O)NC2CCCCC2CCl)c1. The van der Waals surface area contributed by atoms with Gasteiger partial charge >= 0.3 is 0 Å². The van der Waals surface area contributed by atoms with Crippen molar-refractivity contribution in [1.82, 2.24) is 5.32 Å². The number of nitrogens with one attached hydrogen (secondary N) is 1. The first-order valence-electron chi connectivity index (χ1n) is 6.75. The summed E-state index contributed by atoms with van der Waals surface area (Å²) in [5.41, 5.74) is 1.80. The van der Waals surface area contributed by atoms with Crippen molar-refractivity contribution in [2.75, 3.05) is 5.88 Å². The molecule has 1 N–H and O–H groups in total. The van der Waals surface area contributed by atoms with Crippen molar-refractivity contribution < 1.29 is 4.79 Å². The van der Waals surface area contributed by atoms with E-state index < -0.39 is 0 Å². The number of hydrogen-bond acceptors (Lipinski definition) is 1. The molecule has 1 fully saturated rings. The second kappa shape index (κ2) is 6.76. The fraction of sp³-hybridized carbons (Fsp3) is 0.533. The molecule has 2 nitrogen and oxygen atoms in total. The highest BCUT2D eigenvalue weighted by atomic mass is 79.9. The van der Waals surface area contributed by atoms with Gasteiger partial charge in [-0.15, -0.1) is 11.6 Å². The molecule has 2 atom stereocenters. The Labute approximate surface area is 128 Å². The smallest absolute Gasteiger partial charge is 0.252 e. The molecular formula is C15H19BrClNO. The Kier molecular flexibility index (Phi) is 5.28. The molecule has 1 aliphatic carbocycles. The molecule has 4 heteroatoms. The molecule has 0 heterocycles. The second-order valence-corrected chi connectivity index (χ2v) is 6.43. The lowest BCUT2D eigenvalue weighted by Gasteiger charge is -2.31. The fourth-order valence-corrected chi connectivity index (χ4v) is 3.44. The minimum Gasteiger partial charge on any atom is -0.349 e. The van der Waals surface area contributed by atoms with Gasteiger partial charge in [-0.25, -0.2) is 0 Å². The maximum atomic E-state index is 12.4. The summed E-state index contributed by atoms with van der Waals surface area (Å²) in [6.07, 6.45) is 4.54. The first-order valence-corrected chi connectivity index (χ1v) is 8.07. The molecule has 1 aromatic rings. The first-order chi connectivity index (χ1) is 9.11. The Morgan fingerprint density at radius 1 is 1.42 bits per heavy atom. The van der Waals surface area contributed by atoms with Crippen LogP contribution in [-0.4, -0.2) is 17.8 Å². The third kappa shape index (κ3) is 3.73. The Hall–Kier alpha value is -0.540. The minimum atomic E-state index is -0.00223. The molecule has 0 spiro atoms. The van der Waals surface area contributed by atoms with Crippen LogP contribution in [0.4, 0.5) is 0 Å². The number of rotatable bonds is 3. The monoisotopic (exact) mass is 343 g/mol. The van der Waals surface area contributed by atoms with Crippen LogP contribution in [0.1, 0.15) is 41.6 Å². The van der Waals surface area contributed by atoms with Gasteiger partial charge in [-0.1, -0.05) is 24.5 Å². The Bertz CT molecular complexity index is 463. The van der Waals surface area contributed by atoms with Crippen LogP contribution < -0.4 is 5.32 Å². The minimum absolute atomic E-state index is 0.00223. The van der Waals surface area contributed by atoms with E-state index in [0.29, 0.717) is 17.4 Å². The van der Waals surface area contributed by atoms with Crippen LogP contribution in [0, 0.1) is 12.8 Å². The predicted octanol–water partition coefficient (Wildman–Crippen LogP) is 4.28. The van der Waals surface area contributed by atoms with E-state index in [2.05, 4.69) is 21.2 Å². The summed E-state index contributed by atoms with van der Waals surface area (Å²) in [4.78, 5) is 12.4.